The van der Waals surface area contributed by atoms with E-state index in [9.17, 15) is 4.79 Å². The van der Waals surface area contributed by atoms with Gasteiger partial charge in [-0.2, -0.15) is 0 Å². The Hall–Kier alpha value is -1.32. The van der Waals surface area contributed by atoms with Crippen molar-refractivity contribution in [1.82, 2.24) is 15.3 Å². The lowest BCUT2D eigenvalue weighted by molar-refractivity contribution is -0.121. The Bertz CT molecular complexity index is 335. The SMILES string of the molecule is CCCCCCCCCC(=O)NC(C)c1ncc[nH]1. The van der Waals surface area contributed by atoms with E-state index in [1.54, 1.807) is 12.4 Å². The van der Waals surface area contributed by atoms with Crippen molar-refractivity contribution in [2.24, 2.45) is 0 Å². The number of hydrogen-bond donors (Lipinski definition) is 2. The quantitative estimate of drug-likeness (QED) is 0.633. The summed E-state index contributed by atoms with van der Waals surface area (Å²) in [5.74, 6) is 0.936. The van der Waals surface area contributed by atoms with Crippen LogP contribution in [0, 0.1) is 0 Å². The number of carbonyl (C=O) groups excluding carboxylic acids is 1. The highest BCUT2D eigenvalue weighted by molar-refractivity contribution is 5.76. The molecule has 0 aromatic carbocycles. The Labute approximate surface area is 116 Å². The lowest BCUT2D eigenvalue weighted by Gasteiger charge is -2.11. The summed E-state index contributed by atoms with van der Waals surface area (Å²) < 4.78 is 0. The van der Waals surface area contributed by atoms with Crippen LogP contribution in [0.3, 0.4) is 0 Å². The zero-order chi connectivity index (χ0) is 13.9. The molecule has 0 radical (unpaired) electrons. The molecule has 1 atom stereocenters. The lowest BCUT2D eigenvalue weighted by atomic mass is 10.1. The largest absolute Gasteiger partial charge is 0.347 e. The van der Waals surface area contributed by atoms with Gasteiger partial charge in [-0.15, -0.1) is 0 Å². The van der Waals surface area contributed by atoms with Crippen LogP contribution in [0.15, 0.2) is 12.4 Å². The average molecular weight is 265 g/mol. The van der Waals surface area contributed by atoms with Crippen LogP contribution >= 0.6 is 0 Å². The van der Waals surface area contributed by atoms with Gasteiger partial charge in [0.05, 0.1) is 6.04 Å². The van der Waals surface area contributed by atoms with E-state index in [2.05, 4.69) is 22.2 Å². The average Bonchev–Trinajstić information content (AvgIpc) is 2.91. The van der Waals surface area contributed by atoms with Gasteiger partial charge in [-0.25, -0.2) is 4.98 Å². The molecule has 2 N–H and O–H groups in total. The standard InChI is InChI=1S/C15H27N3O/c1-3-4-5-6-7-8-9-10-14(19)18-13(2)15-16-11-12-17-15/h11-13H,3-10H2,1-2H3,(H,16,17)(H,18,19). The molecule has 0 bridgehead atoms. The second-order valence-electron chi connectivity index (χ2n) is 5.13. The Morgan fingerprint density at radius 2 is 1.95 bits per heavy atom. The third-order valence-corrected chi connectivity index (χ3v) is 3.31. The van der Waals surface area contributed by atoms with Gasteiger partial charge >= 0.3 is 0 Å². The van der Waals surface area contributed by atoms with Crippen LogP contribution in [0.25, 0.3) is 0 Å². The van der Waals surface area contributed by atoms with Crippen molar-refractivity contribution in [3.8, 4) is 0 Å². The first-order valence-corrected chi connectivity index (χ1v) is 7.52. The molecule has 1 amide bonds. The Kier molecular flexibility index (Phi) is 7.94. The van der Waals surface area contributed by atoms with Crippen LogP contribution in [0.1, 0.15) is 77.1 Å². The second kappa shape index (κ2) is 9.59. The van der Waals surface area contributed by atoms with E-state index in [0.717, 1.165) is 18.7 Å². The molecular weight excluding hydrogens is 238 g/mol. The van der Waals surface area contributed by atoms with Gasteiger partial charge in [0, 0.05) is 18.8 Å². The van der Waals surface area contributed by atoms with Crippen LogP contribution in [-0.2, 0) is 4.79 Å². The molecule has 0 aliphatic rings. The second-order valence-corrected chi connectivity index (χ2v) is 5.13. The smallest absolute Gasteiger partial charge is 0.220 e. The number of hydrogen-bond acceptors (Lipinski definition) is 2. The van der Waals surface area contributed by atoms with Crippen molar-refractivity contribution in [2.45, 2.75) is 71.3 Å². The lowest BCUT2D eigenvalue weighted by Crippen LogP contribution is -2.27. The van der Waals surface area contributed by atoms with Gasteiger partial charge in [0.1, 0.15) is 5.82 Å². The van der Waals surface area contributed by atoms with Crippen LogP contribution in [0.5, 0.6) is 0 Å². The maximum Gasteiger partial charge on any atom is 0.220 e. The first-order valence-electron chi connectivity index (χ1n) is 7.52. The highest BCUT2D eigenvalue weighted by Crippen LogP contribution is 2.10. The van der Waals surface area contributed by atoms with E-state index in [1.165, 1.54) is 32.1 Å². The molecule has 108 valence electrons. The maximum absolute atomic E-state index is 11.7. The third kappa shape index (κ3) is 6.99. The van der Waals surface area contributed by atoms with E-state index >= 15 is 0 Å². The van der Waals surface area contributed by atoms with E-state index in [-0.39, 0.29) is 11.9 Å². The number of rotatable bonds is 10. The van der Waals surface area contributed by atoms with Crippen molar-refractivity contribution in [1.29, 1.82) is 0 Å². The molecule has 0 aliphatic carbocycles. The molecule has 1 aromatic rings. The van der Waals surface area contributed by atoms with Gasteiger partial charge < -0.3 is 10.3 Å². The molecule has 0 aliphatic heterocycles. The molecule has 0 spiro atoms. The number of nitrogens with zero attached hydrogens (tertiary/aromatic N) is 1. The summed E-state index contributed by atoms with van der Waals surface area (Å²) in [5, 5.41) is 2.96. The summed E-state index contributed by atoms with van der Waals surface area (Å²) >= 11 is 0. The monoisotopic (exact) mass is 265 g/mol. The highest BCUT2D eigenvalue weighted by Gasteiger charge is 2.10. The molecule has 0 fully saturated rings. The number of carbonyl (C=O) groups is 1. The van der Waals surface area contributed by atoms with Gasteiger partial charge in [0.25, 0.3) is 0 Å². The fraction of sp³-hybridized carbons (Fsp3) is 0.733. The summed E-state index contributed by atoms with van der Waals surface area (Å²) in [5.41, 5.74) is 0. The summed E-state index contributed by atoms with van der Waals surface area (Å²) in [6.07, 6.45) is 12.8. The number of imidazole rings is 1. The van der Waals surface area contributed by atoms with Crippen LogP contribution < -0.4 is 5.32 Å². The highest BCUT2D eigenvalue weighted by atomic mass is 16.1. The van der Waals surface area contributed by atoms with E-state index in [4.69, 9.17) is 0 Å². The first-order chi connectivity index (χ1) is 9.24. The summed E-state index contributed by atoms with van der Waals surface area (Å²) in [6.45, 7) is 4.17. The summed E-state index contributed by atoms with van der Waals surface area (Å²) in [6, 6.07) is -0.0351. The van der Waals surface area contributed by atoms with Crippen molar-refractivity contribution in [3.05, 3.63) is 18.2 Å². The molecular formula is C15H27N3O. The predicted octanol–water partition coefficient (Wildman–Crippen LogP) is 3.73. The number of aromatic amines is 1. The third-order valence-electron chi connectivity index (χ3n) is 3.31. The Balaban J connectivity index is 2.02. The van der Waals surface area contributed by atoms with Gasteiger partial charge in [-0.1, -0.05) is 45.4 Å². The number of unbranched alkanes of at least 4 members (excludes halogenated alkanes) is 6. The first kappa shape index (κ1) is 15.7. The van der Waals surface area contributed by atoms with Crippen LogP contribution in [0.4, 0.5) is 0 Å². The molecule has 19 heavy (non-hydrogen) atoms. The van der Waals surface area contributed by atoms with E-state index in [1.807, 2.05) is 6.92 Å². The number of amides is 1. The van der Waals surface area contributed by atoms with Crippen molar-refractivity contribution >= 4 is 5.91 Å². The van der Waals surface area contributed by atoms with Crippen LogP contribution in [-0.4, -0.2) is 15.9 Å². The summed E-state index contributed by atoms with van der Waals surface area (Å²) in [4.78, 5) is 18.9. The molecule has 1 unspecified atom stereocenters. The Morgan fingerprint density at radius 1 is 1.26 bits per heavy atom. The van der Waals surface area contributed by atoms with Gasteiger partial charge in [-0.3, -0.25) is 4.79 Å². The topological polar surface area (TPSA) is 57.8 Å². The number of nitrogens with one attached hydrogen (secondary N) is 2. The minimum absolute atomic E-state index is 0.0351. The van der Waals surface area contributed by atoms with Gasteiger partial charge in [0.15, 0.2) is 0 Å². The minimum Gasteiger partial charge on any atom is -0.347 e. The Morgan fingerprint density at radius 3 is 2.58 bits per heavy atom. The van der Waals surface area contributed by atoms with Gasteiger partial charge in [0.2, 0.25) is 5.91 Å². The van der Waals surface area contributed by atoms with Crippen molar-refractivity contribution in [3.63, 3.8) is 0 Å². The molecule has 4 heteroatoms. The fourth-order valence-corrected chi connectivity index (χ4v) is 2.14. The number of aromatic nitrogens is 2. The maximum atomic E-state index is 11.7. The zero-order valence-electron chi connectivity index (χ0n) is 12.2. The molecule has 0 saturated heterocycles. The normalized spacial score (nSPS) is 12.3. The predicted molar refractivity (Wildman–Crippen MR) is 77.8 cm³/mol. The molecule has 0 saturated carbocycles. The molecule has 1 heterocycles. The molecule has 1 aromatic heterocycles. The number of H-pyrrole nitrogens is 1. The fourth-order valence-electron chi connectivity index (χ4n) is 2.14. The molecule has 4 nitrogen and oxygen atoms in total. The van der Waals surface area contributed by atoms with E-state index in [0.29, 0.717) is 6.42 Å². The molecule has 1 rings (SSSR count). The minimum atomic E-state index is -0.0351. The zero-order valence-corrected chi connectivity index (χ0v) is 12.2. The summed E-state index contributed by atoms with van der Waals surface area (Å²) in [7, 11) is 0. The van der Waals surface area contributed by atoms with Crippen LogP contribution in [0.2, 0.25) is 0 Å². The van der Waals surface area contributed by atoms with Gasteiger partial charge in [-0.05, 0) is 13.3 Å². The van der Waals surface area contributed by atoms with Crippen molar-refractivity contribution in [2.75, 3.05) is 0 Å². The van der Waals surface area contributed by atoms with E-state index < -0.39 is 0 Å². The van der Waals surface area contributed by atoms with Crippen molar-refractivity contribution < 1.29 is 4.79 Å².